The van der Waals surface area contributed by atoms with Crippen LogP contribution in [0.3, 0.4) is 0 Å². The van der Waals surface area contributed by atoms with Crippen molar-refractivity contribution in [3.63, 3.8) is 0 Å². The van der Waals surface area contributed by atoms with E-state index in [1.54, 1.807) is 6.07 Å². The van der Waals surface area contributed by atoms with Crippen molar-refractivity contribution >= 4 is 50.5 Å². The van der Waals surface area contributed by atoms with Crippen LogP contribution in [0.4, 0.5) is 5.69 Å². The standard InChI is InChI=1S/C17H17Cl3N2O3S/c1-25-14-5-6-15(17(20)16(14)19)26(23,24)22-9-7-21(8-10-22)13-4-2-3-12(18)11-13/h2-6,11H,7-10H2,1H3. The summed E-state index contributed by atoms with van der Waals surface area (Å²) in [6.45, 7) is 1.80. The molecule has 2 aromatic rings. The molecule has 1 aliphatic heterocycles. The van der Waals surface area contributed by atoms with Crippen molar-refractivity contribution in [2.24, 2.45) is 0 Å². The highest BCUT2D eigenvalue weighted by Crippen LogP contribution is 2.38. The maximum absolute atomic E-state index is 13.0. The summed E-state index contributed by atoms with van der Waals surface area (Å²) in [6, 6.07) is 10.4. The van der Waals surface area contributed by atoms with Gasteiger partial charge in [0.15, 0.2) is 0 Å². The van der Waals surface area contributed by atoms with Crippen molar-refractivity contribution in [1.29, 1.82) is 0 Å². The summed E-state index contributed by atoms with van der Waals surface area (Å²) in [4.78, 5) is 2.08. The Morgan fingerprint density at radius 1 is 0.962 bits per heavy atom. The second-order valence-corrected chi connectivity index (χ2v) is 8.86. The van der Waals surface area contributed by atoms with Crippen LogP contribution in [0.1, 0.15) is 0 Å². The maximum Gasteiger partial charge on any atom is 0.244 e. The van der Waals surface area contributed by atoms with Crippen molar-refractivity contribution in [2.75, 3.05) is 38.2 Å². The number of rotatable bonds is 4. The zero-order valence-corrected chi connectivity index (χ0v) is 17.0. The maximum atomic E-state index is 13.0. The molecule has 0 saturated carbocycles. The zero-order chi connectivity index (χ0) is 18.9. The Balaban J connectivity index is 1.79. The monoisotopic (exact) mass is 434 g/mol. The molecule has 0 spiro atoms. The fourth-order valence-electron chi connectivity index (χ4n) is 2.87. The highest BCUT2D eigenvalue weighted by Gasteiger charge is 2.31. The molecule has 2 aromatic carbocycles. The van der Waals surface area contributed by atoms with Gasteiger partial charge in [0.05, 0.1) is 12.1 Å². The van der Waals surface area contributed by atoms with Crippen LogP contribution in [0.5, 0.6) is 5.75 Å². The lowest BCUT2D eigenvalue weighted by Gasteiger charge is -2.35. The Morgan fingerprint density at radius 2 is 1.65 bits per heavy atom. The topological polar surface area (TPSA) is 49.9 Å². The Labute approximate surface area is 168 Å². The van der Waals surface area contributed by atoms with Crippen LogP contribution >= 0.6 is 34.8 Å². The predicted octanol–water partition coefficient (Wildman–Crippen LogP) is 4.17. The van der Waals surface area contributed by atoms with E-state index in [-0.39, 0.29) is 14.9 Å². The van der Waals surface area contributed by atoms with Gasteiger partial charge in [-0.3, -0.25) is 0 Å². The van der Waals surface area contributed by atoms with E-state index < -0.39 is 10.0 Å². The van der Waals surface area contributed by atoms with E-state index in [4.69, 9.17) is 39.5 Å². The molecule has 26 heavy (non-hydrogen) atoms. The summed E-state index contributed by atoms with van der Waals surface area (Å²) in [5.74, 6) is 0.335. The molecule has 1 aliphatic rings. The van der Waals surface area contributed by atoms with Gasteiger partial charge < -0.3 is 9.64 Å². The molecule has 0 atom stereocenters. The van der Waals surface area contributed by atoms with Gasteiger partial charge in [0.25, 0.3) is 0 Å². The average molecular weight is 436 g/mol. The normalized spacial score (nSPS) is 15.9. The molecule has 0 aromatic heterocycles. The summed E-state index contributed by atoms with van der Waals surface area (Å²) in [6.07, 6.45) is 0. The zero-order valence-electron chi connectivity index (χ0n) is 14.0. The molecule has 140 valence electrons. The summed E-state index contributed by atoms with van der Waals surface area (Å²) in [7, 11) is -2.30. The summed E-state index contributed by atoms with van der Waals surface area (Å²) < 4.78 is 32.4. The van der Waals surface area contributed by atoms with Crippen LogP contribution in [0.2, 0.25) is 15.1 Å². The number of ether oxygens (including phenoxy) is 1. The molecule has 0 bridgehead atoms. The van der Waals surface area contributed by atoms with Crippen LogP contribution in [0, 0.1) is 0 Å². The number of anilines is 1. The molecule has 1 saturated heterocycles. The molecule has 0 radical (unpaired) electrons. The quantitative estimate of drug-likeness (QED) is 0.723. The van der Waals surface area contributed by atoms with Crippen molar-refractivity contribution in [3.05, 3.63) is 51.5 Å². The minimum atomic E-state index is -3.75. The Morgan fingerprint density at radius 3 is 2.27 bits per heavy atom. The first kappa shape index (κ1) is 19.6. The fraction of sp³-hybridized carbons (Fsp3) is 0.294. The number of benzene rings is 2. The lowest BCUT2D eigenvalue weighted by molar-refractivity contribution is 0.384. The van der Waals surface area contributed by atoms with Gasteiger partial charge in [0, 0.05) is 36.9 Å². The number of hydrogen-bond donors (Lipinski definition) is 0. The molecular weight excluding hydrogens is 419 g/mol. The predicted molar refractivity (Wildman–Crippen MR) is 105 cm³/mol. The Bertz CT molecular complexity index is 913. The van der Waals surface area contributed by atoms with E-state index in [1.807, 2.05) is 18.2 Å². The fourth-order valence-corrected chi connectivity index (χ4v) is 5.29. The number of piperazine rings is 1. The van der Waals surface area contributed by atoms with E-state index in [9.17, 15) is 8.42 Å². The third kappa shape index (κ3) is 3.75. The highest BCUT2D eigenvalue weighted by molar-refractivity contribution is 7.89. The minimum Gasteiger partial charge on any atom is -0.495 e. The van der Waals surface area contributed by atoms with Crippen LogP contribution in [-0.2, 0) is 10.0 Å². The van der Waals surface area contributed by atoms with Gasteiger partial charge in [-0.25, -0.2) is 8.42 Å². The lowest BCUT2D eigenvalue weighted by atomic mass is 10.2. The molecule has 0 aliphatic carbocycles. The van der Waals surface area contributed by atoms with E-state index >= 15 is 0 Å². The SMILES string of the molecule is COc1ccc(S(=O)(=O)N2CCN(c3cccc(Cl)c3)CC2)c(Cl)c1Cl. The van der Waals surface area contributed by atoms with Crippen LogP contribution in [-0.4, -0.2) is 46.0 Å². The second-order valence-electron chi connectivity index (χ2n) is 5.76. The number of methoxy groups -OCH3 is 1. The van der Waals surface area contributed by atoms with Crippen LogP contribution in [0.15, 0.2) is 41.3 Å². The first-order valence-corrected chi connectivity index (χ1v) is 10.4. The van der Waals surface area contributed by atoms with E-state index in [2.05, 4.69) is 4.90 Å². The molecule has 5 nitrogen and oxygen atoms in total. The largest absolute Gasteiger partial charge is 0.495 e. The van der Waals surface area contributed by atoms with Gasteiger partial charge >= 0.3 is 0 Å². The molecule has 1 fully saturated rings. The first-order chi connectivity index (χ1) is 12.3. The van der Waals surface area contributed by atoms with Gasteiger partial charge in [0.2, 0.25) is 10.0 Å². The van der Waals surface area contributed by atoms with Gasteiger partial charge in [0.1, 0.15) is 15.7 Å². The Kier molecular flexibility index (Phi) is 5.89. The van der Waals surface area contributed by atoms with Crippen molar-refractivity contribution in [3.8, 4) is 5.75 Å². The smallest absolute Gasteiger partial charge is 0.244 e. The number of halogens is 3. The lowest BCUT2D eigenvalue weighted by Crippen LogP contribution is -2.48. The van der Waals surface area contributed by atoms with E-state index in [1.165, 1.54) is 23.5 Å². The number of nitrogens with zero attached hydrogens (tertiary/aromatic N) is 2. The van der Waals surface area contributed by atoms with Gasteiger partial charge in [-0.05, 0) is 30.3 Å². The molecule has 0 amide bonds. The Hall–Kier alpha value is -1.18. The first-order valence-electron chi connectivity index (χ1n) is 7.87. The molecule has 9 heteroatoms. The van der Waals surface area contributed by atoms with Crippen molar-refractivity contribution in [2.45, 2.75) is 4.90 Å². The highest BCUT2D eigenvalue weighted by atomic mass is 35.5. The molecule has 1 heterocycles. The van der Waals surface area contributed by atoms with E-state index in [0.29, 0.717) is 37.0 Å². The second kappa shape index (κ2) is 7.82. The number of hydrogen-bond acceptors (Lipinski definition) is 4. The molecule has 3 rings (SSSR count). The molecular formula is C17H17Cl3N2O3S. The van der Waals surface area contributed by atoms with Gasteiger partial charge in [-0.1, -0.05) is 40.9 Å². The van der Waals surface area contributed by atoms with Crippen LogP contribution in [0.25, 0.3) is 0 Å². The number of sulfonamides is 1. The summed E-state index contributed by atoms with van der Waals surface area (Å²) in [5.41, 5.74) is 0.972. The molecule has 0 unspecified atom stereocenters. The molecule has 0 N–H and O–H groups in total. The van der Waals surface area contributed by atoms with E-state index in [0.717, 1.165) is 5.69 Å². The van der Waals surface area contributed by atoms with Crippen LogP contribution < -0.4 is 9.64 Å². The average Bonchev–Trinajstić information content (AvgIpc) is 2.64. The summed E-state index contributed by atoms with van der Waals surface area (Å²) in [5, 5.41) is 0.716. The van der Waals surface area contributed by atoms with Crippen molar-refractivity contribution in [1.82, 2.24) is 4.31 Å². The third-order valence-corrected chi connectivity index (χ3v) is 7.41. The van der Waals surface area contributed by atoms with Gasteiger partial charge in [-0.2, -0.15) is 4.31 Å². The van der Waals surface area contributed by atoms with Gasteiger partial charge in [-0.15, -0.1) is 0 Å². The third-order valence-electron chi connectivity index (χ3n) is 4.26. The van der Waals surface area contributed by atoms with Crippen molar-refractivity contribution < 1.29 is 13.2 Å². The summed E-state index contributed by atoms with van der Waals surface area (Å²) >= 11 is 18.3. The minimum absolute atomic E-state index is 0.0128.